The zero-order valence-corrected chi connectivity index (χ0v) is 13.6. The number of ether oxygens (including phenoxy) is 2. The summed E-state index contributed by atoms with van der Waals surface area (Å²) in [6.45, 7) is 2.21. The summed E-state index contributed by atoms with van der Waals surface area (Å²) in [4.78, 5) is 0. The topological polar surface area (TPSA) is 30.5 Å². The Kier molecular flexibility index (Phi) is 8.06. The van der Waals surface area contributed by atoms with E-state index in [2.05, 4.69) is 21.2 Å². The molecular weight excluding hydrogens is 351 g/mol. The third kappa shape index (κ3) is 5.84. The summed E-state index contributed by atoms with van der Waals surface area (Å²) in [7, 11) is 1.46. The van der Waals surface area contributed by atoms with Crippen LogP contribution < -0.4 is 10.1 Å². The largest absolute Gasteiger partial charge is 0.496 e. The first-order valence-corrected chi connectivity index (χ1v) is 7.41. The van der Waals surface area contributed by atoms with Gasteiger partial charge in [-0.15, -0.1) is 0 Å². The summed E-state index contributed by atoms with van der Waals surface area (Å²) in [5, 5.41) is 3.22. The molecule has 1 rings (SSSR count). The summed E-state index contributed by atoms with van der Waals surface area (Å²) < 4.78 is 48.0. The minimum Gasteiger partial charge on any atom is -0.496 e. The SMILES string of the molecule is CCNC(CCOCC(F)F)c1cc(Br)c(F)cc1OC. The highest BCUT2D eigenvalue weighted by Crippen LogP contribution is 2.32. The summed E-state index contributed by atoms with van der Waals surface area (Å²) >= 11 is 3.14. The van der Waals surface area contributed by atoms with Gasteiger partial charge in [0, 0.05) is 24.3 Å². The third-order valence-electron chi connectivity index (χ3n) is 2.89. The molecule has 0 heterocycles. The zero-order chi connectivity index (χ0) is 15.8. The van der Waals surface area contributed by atoms with Crippen LogP contribution >= 0.6 is 15.9 Å². The van der Waals surface area contributed by atoms with Gasteiger partial charge in [-0.25, -0.2) is 13.2 Å². The average molecular weight is 370 g/mol. The van der Waals surface area contributed by atoms with Crippen molar-refractivity contribution in [1.82, 2.24) is 5.32 Å². The van der Waals surface area contributed by atoms with Crippen molar-refractivity contribution in [3.05, 3.63) is 28.0 Å². The summed E-state index contributed by atoms with van der Waals surface area (Å²) in [5.41, 5.74) is 0.758. The molecule has 1 aromatic carbocycles. The van der Waals surface area contributed by atoms with E-state index in [1.165, 1.54) is 13.2 Å². The first-order valence-electron chi connectivity index (χ1n) is 6.61. The van der Waals surface area contributed by atoms with Crippen LogP contribution in [0.2, 0.25) is 0 Å². The molecule has 1 N–H and O–H groups in total. The summed E-state index contributed by atoms with van der Waals surface area (Å²) in [5.74, 6) is -0.00434. The standard InChI is InChI=1S/C14H19BrF3NO2/c1-3-19-12(4-5-21-8-14(17)18)9-6-10(15)11(16)7-13(9)20-2/h6-7,12,14,19H,3-5,8H2,1-2H3. The van der Waals surface area contributed by atoms with Crippen LogP contribution in [-0.4, -0.2) is 33.3 Å². The molecule has 0 aliphatic rings. The molecule has 0 radical (unpaired) electrons. The highest BCUT2D eigenvalue weighted by molar-refractivity contribution is 9.10. The van der Waals surface area contributed by atoms with Crippen LogP contribution in [0.1, 0.15) is 24.9 Å². The number of methoxy groups -OCH3 is 1. The van der Waals surface area contributed by atoms with Gasteiger partial charge in [-0.3, -0.25) is 0 Å². The maximum Gasteiger partial charge on any atom is 0.261 e. The van der Waals surface area contributed by atoms with E-state index >= 15 is 0 Å². The Morgan fingerprint density at radius 2 is 2.05 bits per heavy atom. The molecule has 0 amide bonds. The van der Waals surface area contributed by atoms with E-state index in [-0.39, 0.29) is 12.6 Å². The number of benzene rings is 1. The van der Waals surface area contributed by atoms with Crippen molar-refractivity contribution < 1.29 is 22.6 Å². The van der Waals surface area contributed by atoms with Crippen molar-refractivity contribution in [2.75, 3.05) is 26.9 Å². The first-order chi connectivity index (χ1) is 9.99. The van der Waals surface area contributed by atoms with Crippen LogP contribution in [-0.2, 0) is 4.74 Å². The lowest BCUT2D eigenvalue weighted by Gasteiger charge is -2.21. The van der Waals surface area contributed by atoms with Gasteiger partial charge >= 0.3 is 0 Å². The van der Waals surface area contributed by atoms with Crippen molar-refractivity contribution in [3.8, 4) is 5.75 Å². The second kappa shape index (κ2) is 9.27. The molecule has 0 aliphatic carbocycles. The van der Waals surface area contributed by atoms with E-state index in [9.17, 15) is 13.2 Å². The minimum atomic E-state index is -2.47. The van der Waals surface area contributed by atoms with Gasteiger partial charge in [0.25, 0.3) is 6.43 Å². The fourth-order valence-electron chi connectivity index (χ4n) is 1.98. The predicted octanol–water partition coefficient (Wildman–Crippen LogP) is 3.92. The second-order valence-electron chi connectivity index (χ2n) is 4.37. The highest BCUT2D eigenvalue weighted by Gasteiger charge is 2.18. The van der Waals surface area contributed by atoms with Crippen molar-refractivity contribution in [2.24, 2.45) is 0 Å². The van der Waals surface area contributed by atoms with E-state index < -0.39 is 18.8 Å². The van der Waals surface area contributed by atoms with Crippen LogP contribution in [0.15, 0.2) is 16.6 Å². The van der Waals surface area contributed by atoms with Crippen LogP contribution in [0, 0.1) is 5.82 Å². The Morgan fingerprint density at radius 1 is 1.33 bits per heavy atom. The predicted molar refractivity (Wildman–Crippen MR) is 78.5 cm³/mol. The van der Waals surface area contributed by atoms with E-state index in [0.717, 1.165) is 5.56 Å². The Bertz CT molecular complexity index is 446. The fourth-order valence-corrected chi connectivity index (χ4v) is 2.34. The molecule has 1 unspecified atom stereocenters. The number of hydrogen-bond acceptors (Lipinski definition) is 3. The van der Waals surface area contributed by atoms with Crippen molar-refractivity contribution in [3.63, 3.8) is 0 Å². The van der Waals surface area contributed by atoms with Crippen LogP contribution in [0.25, 0.3) is 0 Å². The van der Waals surface area contributed by atoms with Gasteiger partial charge in [-0.05, 0) is 35.0 Å². The fraction of sp³-hybridized carbons (Fsp3) is 0.571. The molecule has 0 fully saturated rings. The summed E-state index contributed by atoms with van der Waals surface area (Å²) in [6, 6.07) is 2.76. The van der Waals surface area contributed by atoms with Crippen molar-refractivity contribution >= 4 is 15.9 Å². The van der Waals surface area contributed by atoms with Gasteiger partial charge in [0.2, 0.25) is 0 Å². The summed E-state index contributed by atoms with van der Waals surface area (Å²) in [6.07, 6.45) is -1.99. The lowest BCUT2D eigenvalue weighted by Crippen LogP contribution is -2.23. The number of hydrogen-bond donors (Lipinski definition) is 1. The van der Waals surface area contributed by atoms with E-state index in [0.29, 0.717) is 23.2 Å². The normalized spacial score (nSPS) is 12.7. The molecule has 0 bridgehead atoms. The van der Waals surface area contributed by atoms with Crippen LogP contribution in [0.4, 0.5) is 13.2 Å². The van der Waals surface area contributed by atoms with Gasteiger partial charge in [-0.2, -0.15) is 0 Å². The lowest BCUT2D eigenvalue weighted by atomic mass is 10.0. The van der Waals surface area contributed by atoms with Crippen molar-refractivity contribution in [1.29, 1.82) is 0 Å². The third-order valence-corrected chi connectivity index (χ3v) is 3.50. The molecule has 120 valence electrons. The molecule has 0 saturated heterocycles. The Labute approximate surface area is 130 Å². The zero-order valence-electron chi connectivity index (χ0n) is 12.0. The number of halogens is 4. The quantitative estimate of drug-likeness (QED) is 0.669. The Hall–Kier alpha value is -0.790. The maximum absolute atomic E-state index is 13.5. The molecule has 3 nitrogen and oxygen atoms in total. The monoisotopic (exact) mass is 369 g/mol. The van der Waals surface area contributed by atoms with Gasteiger partial charge in [0.15, 0.2) is 0 Å². The van der Waals surface area contributed by atoms with Gasteiger partial charge in [-0.1, -0.05) is 6.92 Å². The smallest absolute Gasteiger partial charge is 0.261 e. The van der Waals surface area contributed by atoms with E-state index in [4.69, 9.17) is 9.47 Å². The van der Waals surface area contributed by atoms with Crippen LogP contribution in [0.5, 0.6) is 5.75 Å². The molecule has 1 aromatic rings. The Balaban J connectivity index is 2.81. The molecule has 0 aromatic heterocycles. The molecule has 21 heavy (non-hydrogen) atoms. The number of alkyl halides is 2. The van der Waals surface area contributed by atoms with Crippen molar-refractivity contribution in [2.45, 2.75) is 25.8 Å². The molecule has 1 atom stereocenters. The highest BCUT2D eigenvalue weighted by atomic mass is 79.9. The molecule has 0 spiro atoms. The van der Waals surface area contributed by atoms with Gasteiger partial charge in [0.05, 0.1) is 11.6 Å². The molecule has 0 aliphatic heterocycles. The van der Waals surface area contributed by atoms with E-state index in [1.807, 2.05) is 6.92 Å². The lowest BCUT2D eigenvalue weighted by molar-refractivity contribution is 0.0143. The Morgan fingerprint density at radius 3 is 2.62 bits per heavy atom. The van der Waals surface area contributed by atoms with Gasteiger partial charge in [0.1, 0.15) is 18.2 Å². The molecule has 0 saturated carbocycles. The minimum absolute atomic E-state index is 0.167. The second-order valence-corrected chi connectivity index (χ2v) is 5.23. The average Bonchev–Trinajstić information content (AvgIpc) is 2.44. The van der Waals surface area contributed by atoms with Crippen LogP contribution in [0.3, 0.4) is 0 Å². The maximum atomic E-state index is 13.5. The van der Waals surface area contributed by atoms with Gasteiger partial charge < -0.3 is 14.8 Å². The number of nitrogens with one attached hydrogen (secondary N) is 1. The molecular formula is C14H19BrF3NO2. The first kappa shape index (κ1) is 18.3. The van der Waals surface area contributed by atoms with E-state index in [1.54, 1.807) is 6.07 Å². The molecule has 7 heteroatoms. The number of rotatable bonds is 9.